The highest BCUT2D eigenvalue weighted by atomic mass is 79.9. The fourth-order valence-corrected chi connectivity index (χ4v) is 3.64. The number of hydrogen-bond acceptors (Lipinski definition) is 2. The molecule has 4 rings (SSSR count). The molecule has 1 unspecified atom stereocenters. The molecule has 0 saturated heterocycles. The molecule has 0 fully saturated rings. The number of hydrazone groups is 1. The Balaban J connectivity index is 1.75. The van der Waals surface area contributed by atoms with E-state index in [1.54, 1.807) is 0 Å². The maximum atomic E-state index is 13.4. The summed E-state index contributed by atoms with van der Waals surface area (Å²) in [6.45, 7) is 0. The van der Waals surface area contributed by atoms with Gasteiger partial charge < -0.3 is 0 Å². The summed E-state index contributed by atoms with van der Waals surface area (Å²) in [5.41, 5.74) is 4.03. The van der Waals surface area contributed by atoms with Crippen molar-refractivity contribution in [2.24, 2.45) is 5.10 Å². The molecule has 0 bridgehead atoms. The van der Waals surface area contributed by atoms with Crippen LogP contribution in [-0.4, -0.2) is 5.71 Å². The topological polar surface area (TPSA) is 15.6 Å². The van der Waals surface area contributed by atoms with Crippen LogP contribution in [0.2, 0.25) is 5.02 Å². The summed E-state index contributed by atoms with van der Waals surface area (Å²) in [6, 6.07) is 22.4. The van der Waals surface area contributed by atoms with E-state index in [-0.39, 0.29) is 11.9 Å². The van der Waals surface area contributed by atoms with Gasteiger partial charge in [0, 0.05) is 15.9 Å². The lowest BCUT2D eigenvalue weighted by Crippen LogP contribution is -2.18. The van der Waals surface area contributed by atoms with Gasteiger partial charge in [-0.25, -0.2) is 4.39 Å². The van der Waals surface area contributed by atoms with Gasteiger partial charge in [0.25, 0.3) is 0 Å². The van der Waals surface area contributed by atoms with Gasteiger partial charge in [-0.2, -0.15) is 5.10 Å². The molecule has 1 atom stereocenters. The summed E-state index contributed by atoms with van der Waals surface area (Å²) < 4.78 is 14.4. The van der Waals surface area contributed by atoms with Crippen LogP contribution in [0.3, 0.4) is 0 Å². The highest BCUT2D eigenvalue weighted by molar-refractivity contribution is 9.10. The van der Waals surface area contributed by atoms with Gasteiger partial charge in [-0.05, 0) is 53.6 Å². The Morgan fingerprint density at radius 1 is 1.00 bits per heavy atom. The fourth-order valence-electron chi connectivity index (χ4n) is 3.13. The average molecular weight is 430 g/mol. The Hall–Kier alpha value is -2.17. The van der Waals surface area contributed by atoms with Gasteiger partial charge in [0.15, 0.2) is 0 Å². The zero-order valence-electron chi connectivity index (χ0n) is 13.7. The minimum atomic E-state index is -0.236. The van der Waals surface area contributed by atoms with Gasteiger partial charge in [0.05, 0.1) is 17.4 Å². The van der Waals surface area contributed by atoms with Gasteiger partial charge in [-0.3, -0.25) is 5.01 Å². The van der Waals surface area contributed by atoms with Crippen molar-refractivity contribution in [1.82, 2.24) is 0 Å². The van der Waals surface area contributed by atoms with Gasteiger partial charge in [-0.1, -0.05) is 57.9 Å². The first-order valence-electron chi connectivity index (χ1n) is 8.24. The molecule has 26 heavy (non-hydrogen) atoms. The molecule has 0 spiro atoms. The third-order valence-corrected chi connectivity index (χ3v) is 5.16. The zero-order valence-corrected chi connectivity index (χ0v) is 16.1. The minimum absolute atomic E-state index is 0.00979. The van der Waals surface area contributed by atoms with E-state index in [1.165, 1.54) is 12.1 Å². The highest BCUT2D eigenvalue weighted by Gasteiger charge is 2.30. The molecule has 130 valence electrons. The summed E-state index contributed by atoms with van der Waals surface area (Å²) in [6.07, 6.45) is 0.736. The minimum Gasteiger partial charge on any atom is -0.257 e. The van der Waals surface area contributed by atoms with Crippen LogP contribution in [0.25, 0.3) is 0 Å². The van der Waals surface area contributed by atoms with Crippen LogP contribution in [0.1, 0.15) is 23.6 Å². The van der Waals surface area contributed by atoms with Gasteiger partial charge >= 0.3 is 0 Å². The van der Waals surface area contributed by atoms with Crippen molar-refractivity contribution < 1.29 is 4.39 Å². The van der Waals surface area contributed by atoms with E-state index in [2.05, 4.69) is 15.9 Å². The Kier molecular flexibility index (Phi) is 4.79. The van der Waals surface area contributed by atoms with Crippen molar-refractivity contribution in [3.63, 3.8) is 0 Å². The standard InChI is InChI=1S/C21H15BrClFN2/c22-16-2-1-3-19(12-16)26-21(15-6-10-18(24)11-7-15)13-20(25-26)14-4-8-17(23)9-5-14/h1-12,21H,13H2. The highest BCUT2D eigenvalue weighted by Crippen LogP contribution is 2.37. The molecule has 2 nitrogen and oxygen atoms in total. The van der Waals surface area contributed by atoms with Crippen LogP contribution in [0.15, 0.2) is 82.4 Å². The molecular formula is C21H15BrClFN2. The second-order valence-corrected chi connectivity index (χ2v) is 7.50. The molecule has 0 aromatic heterocycles. The lowest BCUT2D eigenvalue weighted by atomic mass is 9.98. The molecule has 0 amide bonds. The zero-order chi connectivity index (χ0) is 18.1. The van der Waals surface area contributed by atoms with E-state index in [1.807, 2.05) is 65.7 Å². The van der Waals surface area contributed by atoms with Crippen molar-refractivity contribution in [3.8, 4) is 0 Å². The lowest BCUT2D eigenvalue weighted by Gasteiger charge is -2.24. The Morgan fingerprint density at radius 2 is 1.73 bits per heavy atom. The molecule has 5 heteroatoms. The largest absolute Gasteiger partial charge is 0.257 e. The summed E-state index contributed by atoms with van der Waals surface area (Å²) >= 11 is 9.53. The second-order valence-electron chi connectivity index (χ2n) is 6.15. The van der Waals surface area contributed by atoms with Crippen molar-refractivity contribution >= 4 is 38.9 Å². The van der Waals surface area contributed by atoms with Crippen LogP contribution >= 0.6 is 27.5 Å². The first-order valence-corrected chi connectivity index (χ1v) is 9.41. The van der Waals surface area contributed by atoms with Crippen molar-refractivity contribution in [2.45, 2.75) is 12.5 Å². The Morgan fingerprint density at radius 3 is 2.42 bits per heavy atom. The van der Waals surface area contributed by atoms with Crippen molar-refractivity contribution in [2.75, 3.05) is 5.01 Å². The molecule has 3 aromatic carbocycles. The quantitative estimate of drug-likeness (QED) is 0.458. The van der Waals surface area contributed by atoms with Crippen molar-refractivity contribution in [1.29, 1.82) is 0 Å². The number of anilines is 1. The van der Waals surface area contributed by atoms with Crippen LogP contribution in [0.5, 0.6) is 0 Å². The Bertz CT molecular complexity index is 955. The normalized spacial score (nSPS) is 16.7. The molecule has 0 aliphatic carbocycles. The van der Waals surface area contributed by atoms with E-state index in [0.717, 1.165) is 33.4 Å². The molecule has 1 heterocycles. The van der Waals surface area contributed by atoms with Crippen LogP contribution < -0.4 is 5.01 Å². The third-order valence-electron chi connectivity index (χ3n) is 4.42. The summed E-state index contributed by atoms with van der Waals surface area (Å²) in [4.78, 5) is 0. The van der Waals surface area contributed by atoms with E-state index >= 15 is 0 Å². The maximum Gasteiger partial charge on any atom is 0.123 e. The van der Waals surface area contributed by atoms with E-state index < -0.39 is 0 Å². The smallest absolute Gasteiger partial charge is 0.123 e. The molecule has 1 aliphatic rings. The molecule has 0 radical (unpaired) electrons. The van der Waals surface area contributed by atoms with Crippen molar-refractivity contribution in [3.05, 3.63) is 99.2 Å². The van der Waals surface area contributed by atoms with Gasteiger partial charge in [0.1, 0.15) is 5.82 Å². The number of benzene rings is 3. The number of hydrogen-bond donors (Lipinski definition) is 0. The molecule has 3 aromatic rings. The maximum absolute atomic E-state index is 13.4. The molecule has 0 saturated carbocycles. The first kappa shape index (κ1) is 17.3. The van der Waals surface area contributed by atoms with Crippen LogP contribution in [-0.2, 0) is 0 Å². The van der Waals surface area contributed by atoms with E-state index in [0.29, 0.717) is 5.02 Å². The monoisotopic (exact) mass is 428 g/mol. The lowest BCUT2D eigenvalue weighted by molar-refractivity contribution is 0.624. The number of halogens is 3. The van der Waals surface area contributed by atoms with Crippen LogP contribution in [0, 0.1) is 5.82 Å². The van der Waals surface area contributed by atoms with Gasteiger partial charge in [0.2, 0.25) is 0 Å². The van der Waals surface area contributed by atoms with E-state index in [9.17, 15) is 4.39 Å². The Labute approximate surface area is 165 Å². The summed E-state index contributed by atoms with van der Waals surface area (Å²) in [7, 11) is 0. The fraction of sp³-hybridized carbons (Fsp3) is 0.0952. The predicted molar refractivity (Wildman–Crippen MR) is 108 cm³/mol. The predicted octanol–water partition coefficient (Wildman–Crippen LogP) is 6.60. The molecule has 0 N–H and O–H groups in total. The second kappa shape index (κ2) is 7.22. The molecular weight excluding hydrogens is 415 g/mol. The number of rotatable bonds is 3. The molecule has 1 aliphatic heterocycles. The number of nitrogens with zero attached hydrogens (tertiary/aromatic N) is 2. The first-order chi connectivity index (χ1) is 12.6. The SMILES string of the molecule is Fc1ccc(C2CC(c3ccc(Cl)cc3)=NN2c2cccc(Br)c2)cc1. The van der Waals surface area contributed by atoms with Crippen LogP contribution in [0.4, 0.5) is 10.1 Å². The van der Waals surface area contributed by atoms with Gasteiger partial charge in [-0.15, -0.1) is 0 Å². The van der Waals surface area contributed by atoms with E-state index in [4.69, 9.17) is 16.7 Å². The third kappa shape index (κ3) is 3.53. The average Bonchev–Trinajstić information content (AvgIpc) is 3.08. The summed E-state index contributed by atoms with van der Waals surface area (Å²) in [5, 5.41) is 7.57. The summed E-state index contributed by atoms with van der Waals surface area (Å²) in [5.74, 6) is -0.236.